The maximum atomic E-state index is 13.4. The van der Waals surface area contributed by atoms with Crippen LogP contribution in [0.5, 0.6) is 0 Å². The number of hydrogen-bond donors (Lipinski definition) is 2. The van der Waals surface area contributed by atoms with E-state index in [2.05, 4.69) is 10.1 Å². The number of aromatic nitrogens is 3. The first-order valence-corrected chi connectivity index (χ1v) is 4.27. The van der Waals surface area contributed by atoms with Crippen LogP contribution in [0.1, 0.15) is 10.4 Å². The number of rotatable bonds is 2. The van der Waals surface area contributed by atoms with Crippen LogP contribution in [0.25, 0.3) is 5.69 Å². The molecule has 2 rings (SSSR count). The van der Waals surface area contributed by atoms with E-state index in [1.807, 2.05) is 0 Å². The van der Waals surface area contributed by atoms with Crippen LogP contribution in [0.2, 0.25) is 0 Å². The Morgan fingerprint density at radius 3 is 2.81 bits per heavy atom. The van der Waals surface area contributed by atoms with Crippen LogP contribution in [-0.2, 0) is 0 Å². The third kappa shape index (κ3) is 1.58. The van der Waals surface area contributed by atoms with Crippen molar-refractivity contribution in [1.82, 2.24) is 14.8 Å². The third-order valence-corrected chi connectivity index (χ3v) is 2.01. The summed E-state index contributed by atoms with van der Waals surface area (Å²) in [6.07, 6.45) is 2.61. The Morgan fingerprint density at radius 2 is 2.25 bits per heavy atom. The molecule has 0 saturated carbocycles. The van der Waals surface area contributed by atoms with Crippen LogP contribution in [0.15, 0.2) is 24.8 Å². The van der Waals surface area contributed by atoms with E-state index in [0.29, 0.717) is 0 Å². The van der Waals surface area contributed by atoms with E-state index in [1.54, 1.807) is 0 Å². The average molecular weight is 222 g/mol. The molecule has 0 saturated heterocycles. The first-order chi connectivity index (χ1) is 7.59. The Labute approximate surface area is 89.1 Å². The van der Waals surface area contributed by atoms with Crippen molar-refractivity contribution in [1.29, 1.82) is 0 Å². The lowest BCUT2D eigenvalue weighted by molar-refractivity contribution is 0.0692. The van der Waals surface area contributed by atoms with Crippen molar-refractivity contribution in [3.05, 3.63) is 36.2 Å². The number of benzene rings is 1. The highest BCUT2D eigenvalue weighted by atomic mass is 19.1. The van der Waals surface area contributed by atoms with E-state index in [1.165, 1.54) is 17.3 Å². The smallest absolute Gasteiger partial charge is 0.338 e. The zero-order valence-corrected chi connectivity index (χ0v) is 7.96. The van der Waals surface area contributed by atoms with Gasteiger partial charge >= 0.3 is 5.97 Å². The van der Waals surface area contributed by atoms with Crippen LogP contribution in [0, 0.1) is 5.82 Å². The minimum atomic E-state index is -1.37. The maximum absolute atomic E-state index is 13.4. The van der Waals surface area contributed by atoms with Gasteiger partial charge in [-0.05, 0) is 6.07 Å². The Morgan fingerprint density at radius 1 is 1.50 bits per heavy atom. The molecule has 6 nitrogen and oxygen atoms in total. The molecule has 0 aliphatic rings. The van der Waals surface area contributed by atoms with Gasteiger partial charge < -0.3 is 10.8 Å². The van der Waals surface area contributed by atoms with Gasteiger partial charge in [0.2, 0.25) is 0 Å². The fourth-order valence-corrected chi connectivity index (χ4v) is 1.27. The number of anilines is 1. The molecule has 16 heavy (non-hydrogen) atoms. The highest BCUT2D eigenvalue weighted by Gasteiger charge is 2.14. The largest absolute Gasteiger partial charge is 0.478 e. The monoisotopic (exact) mass is 222 g/mol. The molecule has 3 N–H and O–H groups in total. The van der Waals surface area contributed by atoms with E-state index in [0.717, 1.165) is 12.1 Å². The van der Waals surface area contributed by atoms with Crippen LogP contribution in [0.4, 0.5) is 10.1 Å². The summed E-state index contributed by atoms with van der Waals surface area (Å²) in [6.45, 7) is 0. The Bertz CT molecular complexity index is 539. The molecule has 0 radical (unpaired) electrons. The summed E-state index contributed by atoms with van der Waals surface area (Å²) in [4.78, 5) is 14.3. The SMILES string of the molecule is Nc1cc(C(=O)O)c(F)cc1-n1cncn1. The predicted octanol–water partition coefficient (Wildman–Crippen LogP) is 0.687. The first kappa shape index (κ1) is 10.1. The molecule has 0 bridgehead atoms. The fourth-order valence-electron chi connectivity index (χ4n) is 1.27. The lowest BCUT2D eigenvalue weighted by Crippen LogP contribution is -2.07. The van der Waals surface area contributed by atoms with Gasteiger partial charge in [-0.1, -0.05) is 0 Å². The molecule has 1 aromatic heterocycles. The number of aromatic carboxylic acids is 1. The quantitative estimate of drug-likeness (QED) is 0.729. The molecule has 2 aromatic rings. The molecule has 0 fully saturated rings. The van der Waals surface area contributed by atoms with Crippen molar-refractivity contribution in [2.75, 3.05) is 5.73 Å². The summed E-state index contributed by atoms with van der Waals surface area (Å²) in [7, 11) is 0. The number of nitrogen functional groups attached to an aromatic ring is 1. The van der Waals surface area contributed by atoms with Gasteiger partial charge in [0.1, 0.15) is 18.5 Å². The van der Waals surface area contributed by atoms with Crippen LogP contribution in [-0.4, -0.2) is 25.8 Å². The topological polar surface area (TPSA) is 94.0 Å². The lowest BCUT2D eigenvalue weighted by Gasteiger charge is -2.06. The van der Waals surface area contributed by atoms with Gasteiger partial charge in [-0.25, -0.2) is 18.9 Å². The van der Waals surface area contributed by atoms with Crippen LogP contribution in [0.3, 0.4) is 0 Å². The van der Waals surface area contributed by atoms with Crippen molar-refractivity contribution in [2.45, 2.75) is 0 Å². The molecular weight excluding hydrogens is 215 g/mol. The van der Waals surface area contributed by atoms with Crippen molar-refractivity contribution < 1.29 is 14.3 Å². The molecule has 0 spiro atoms. The van der Waals surface area contributed by atoms with Gasteiger partial charge in [0.15, 0.2) is 0 Å². The van der Waals surface area contributed by atoms with Crippen molar-refractivity contribution in [3.63, 3.8) is 0 Å². The number of carboxylic acid groups (broad SMARTS) is 1. The molecule has 0 amide bonds. The molecule has 1 aromatic carbocycles. The van der Waals surface area contributed by atoms with Gasteiger partial charge in [-0.15, -0.1) is 0 Å². The van der Waals surface area contributed by atoms with Gasteiger partial charge in [-0.2, -0.15) is 5.10 Å². The zero-order valence-electron chi connectivity index (χ0n) is 7.96. The average Bonchev–Trinajstić information content (AvgIpc) is 2.73. The fraction of sp³-hybridized carbons (Fsp3) is 0. The second kappa shape index (κ2) is 3.61. The second-order valence-corrected chi connectivity index (χ2v) is 3.04. The summed E-state index contributed by atoms with van der Waals surface area (Å²) >= 11 is 0. The highest BCUT2D eigenvalue weighted by Crippen LogP contribution is 2.20. The Kier molecular flexibility index (Phi) is 2.28. The number of nitrogens with two attached hydrogens (primary N) is 1. The summed E-state index contributed by atoms with van der Waals surface area (Å²) in [6, 6.07) is 2.06. The molecular formula is C9H7FN4O2. The van der Waals surface area contributed by atoms with E-state index in [9.17, 15) is 9.18 Å². The number of nitrogens with zero attached hydrogens (tertiary/aromatic N) is 3. The molecule has 0 aliphatic heterocycles. The van der Waals surface area contributed by atoms with Gasteiger partial charge in [-0.3, -0.25) is 0 Å². The standard InChI is InChI=1S/C9H7FN4O2/c10-6-2-8(14-4-12-3-13-14)7(11)1-5(6)9(15)16/h1-4H,11H2,(H,15,16). The summed E-state index contributed by atoms with van der Waals surface area (Å²) in [5, 5.41) is 12.5. The molecule has 7 heteroatoms. The molecule has 0 aliphatic carbocycles. The lowest BCUT2D eigenvalue weighted by atomic mass is 10.1. The maximum Gasteiger partial charge on any atom is 0.338 e. The van der Waals surface area contributed by atoms with E-state index in [-0.39, 0.29) is 11.4 Å². The van der Waals surface area contributed by atoms with Crippen molar-refractivity contribution >= 4 is 11.7 Å². The number of halogens is 1. The molecule has 0 unspecified atom stereocenters. The molecule has 0 atom stereocenters. The van der Waals surface area contributed by atoms with Crippen LogP contribution >= 0.6 is 0 Å². The normalized spacial score (nSPS) is 10.3. The van der Waals surface area contributed by atoms with Crippen LogP contribution < -0.4 is 5.73 Å². The minimum absolute atomic E-state index is 0.115. The van der Waals surface area contributed by atoms with Gasteiger partial charge in [0.05, 0.1) is 16.9 Å². The second-order valence-electron chi connectivity index (χ2n) is 3.04. The zero-order chi connectivity index (χ0) is 11.7. The Balaban J connectivity index is 2.59. The van der Waals surface area contributed by atoms with Gasteiger partial charge in [0, 0.05) is 6.07 Å². The molecule has 1 heterocycles. The van der Waals surface area contributed by atoms with E-state index >= 15 is 0 Å². The van der Waals surface area contributed by atoms with Crippen molar-refractivity contribution in [3.8, 4) is 5.69 Å². The molecule has 82 valence electrons. The van der Waals surface area contributed by atoms with E-state index < -0.39 is 17.3 Å². The van der Waals surface area contributed by atoms with E-state index in [4.69, 9.17) is 10.8 Å². The predicted molar refractivity (Wildman–Crippen MR) is 52.7 cm³/mol. The summed E-state index contributed by atoms with van der Waals surface area (Å²) in [5.74, 6) is -2.23. The first-order valence-electron chi connectivity index (χ1n) is 4.27. The summed E-state index contributed by atoms with van der Waals surface area (Å²) in [5.41, 5.74) is 5.49. The third-order valence-electron chi connectivity index (χ3n) is 2.01. The Hall–Kier alpha value is -2.44. The minimum Gasteiger partial charge on any atom is -0.478 e. The number of carbonyl (C=O) groups is 1. The van der Waals surface area contributed by atoms with Gasteiger partial charge in [0.25, 0.3) is 0 Å². The van der Waals surface area contributed by atoms with Crippen molar-refractivity contribution in [2.24, 2.45) is 0 Å². The number of carboxylic acids is 1. The number of hydrogen-bond acceptors (Lipinski definition) is 4. The highest BCUT2D eigenvalue weighted by molar-refractivity contribution is 5.90. The summed E-state index contributed by atoms with van der Waals surface area (Å²) < 4.78 is 14.6.